The van der Waals surface area contributed by atoms with Crippen LogP contribution in [0.15, 0.2) is 30.3 Å². The van der Waals surface area contributed by atoms with Gasteiger partial charge in [-0.3, -0.25) is 9.69 Å². The first-order valence-corrected chi connectivity index (χ1v) is 10.4. The Balaban J connectivity index is 1.33. The number of amides is 1. The molecule has 3 heterocycles. The lowest BCUT2D eigenvalue weighted by atomic mass is 9.68. The molecule has 0 radical (unpaired) electrons. The highest BCUT2D eigenvalue weighted by Crippen LogP contribution is 2.44. The Bertz CT molecular complexity index is 622. The van der Waals surface area contributed by atoms with Crippen molar-refractivity contribution in [3.05, 3.63) is 35.9 Å². The number of benzene rings is 1. The smallest absolute Gasteiger partial charge is 0.236 e. The summed E-state index contributed by atoms with van der Waals surface area (Å²) < 4.78 is 5.36. The molecule has 0 bridgehead atoms. The van der Waals surface area contributed by atoms with Gasteiger partial charge in [-0.05, 0) is 56.3 Å². The molecule has 5 nitrogen and oxygen atoms in total. The molecule has 1 amide bonds. The molecule has 1 spiro atoms. The number of ether oxygens (including phenoxy) is 1. The number of rotatable bonds is 3. The van der Waals surface area contributed by atoms with Gasteiger partial charge < -0.3 is 14.5 Å². The van der Waals surface area contributed by atoms with E-state index in [1.54, 1.807) is 0 Å². The average molecular weight is 372 g/mol. The van der Waals surface area contributed by atoms with Crippen LogP contribution in [0.5, 0.6) is 0 Å². The number of piperidine rings is 2. The van der Waals surface area contributed by atoms with Crippen molar-refractivity contribution in [1.29, 1.82) is 0 Å². The molecule has 0 saturated carbocycles. The average Bonchev–Trinajstić information content (AvgIpc) is 2.71. The topological polar surface area (TPSA) is 36.0 Å². The van der Waals surface area contributed by atoms with Gasteiger partial charge in [-0.2, -0.15) is 0 Å². The Labute approximate surface area is 163 Å². The summed E-state index contributed by atoms with van der Waals surface area (Å²) in [6, 6.07) is 11.0. The molecule has 0 unspecified atom stereocenters. The van der Waals surface area contributed by atoms with E-state index in [2.05, 4.69) is 47.2 Å². The molecule has 148 valence electrons. The SMILES string of the molecule is CN1C[C@@H](c2ccccc2)CC2(CCN(CC(=O)N3CCOCC3)CC2)C1. The molecular formula is C22H33N3O2. The van der Waals surface area contributed by atoms with Crippen LogP contribution in [0, 0.1) is 5.41 Å². The largest absolute Gasteiger partial charge is 0.378 e. The molecule has 3 aliphatic rings. The Kier molecular flexibility index (Phi) is 5.81. The quantitative estimate of drug-likeness (QED) is 0.815. The second-order valence-corrected chi connectivity index (χ2v) is 8.78. The van der Waals surface area contributed by atoms with E-state index in [0.717, 1.165) is 32.7 Å². The van der Waals surface area contributed by atoms with E-state index in [9.17, 15) is 4.79 Å². The maximum Gasteiger partial charge on any atom is 0.236 e. The van der Waals surface area contributed by atoms with Gasteiger partial charge in [0.15, 0.2) is 0 Å². The molecule has 0 aromatic heterocycles. The monoisotopic (exact) mass is 371 g/mol. The van der Waals surface area contributed by atoms with Gasteiger partial charge in [0, 0.05) is 26.2 Å². The lowest BCUT2D eigenvalue weighted by Crippen LogP contribution is -2.52. The van der Waals surface area contributed by atoms with E-state index >= 15 is 0 Å². The molecule has 1 aromatic rings. The van der Waals surface area contributed by atoms with E-state index < -0.39 is 0 Å². The highest BCUT2D eigenvalue weighted by Gasteiger charge is 2.41. The minimum absolute atomic E-state index is 0.275. The van der Waals surface area contributed by atoms with Crippen LogP contribution in [0.3, 0.4) is 0 Å². The molecular weight excluding hydrogens is 338 g/mol. The predicted octanol–water partition coefficient (Wildman–Crippen LogP) is 2.05. The highest BCUT2D eigenvalue weighted by atomic mass is 16.5. The lowest BCUT2D eigenvalue weighted by molar-refractivity contribution is -0.137. The van der Waals surface area contributed by atoms with E-state index in [1.165, 1.54) is 31.4 Å². The molecule has 1 atom stereocenters. The highest BCUT2D eigenvalue weighted by molar-refractivity contribution is 5.78. The second kappa shape index (κ2) is 8.29. The Morgan fingerprint density at radius 1 is 1.11 bits per heavy atom. The van der Waals surface area contributed by atoms with Crippen molar-refractivity contribution in [2.45, 2.75) is 25.2 Å². The maximum atomic E-state index is 12.5. The van der Waals surface area contributed by atoms with E-state index in [0.29, 0.717) is 31.1 Å². The van der Waals surface area contributed by atoms with Crippen molar-refractivity contribution in [3.8, 4) is 0 Å². The Hall–Kier alpha value is -1.43. The van der Waals surface area contributed by atoms with Crippen molar-refractivity contribution in [3.63, 3.8) is 0 Å². The van der Waals surface area contributed by atoms with Gasteiger partial charge in [0.25, 0.3) is 0 Å². The fourth-order valence-corrected chi connectivity index (χ4v) is 5.27. The zero-order chi connectivity index (χ0) is 18.7. The van der Waals surface area contributed by atoms with Gasteiger partial charge in [-0.1, -0.05) is 30.3 Å². The third-order valence-electron chi connectivity index (χ3n) is 6.73. The molecule has 3 saturated heterocycles. The zero-order valence-electron chi connectivity index (χ0n) is 16.6. The summed E-state index contributed by atoms with van der Waals surface area (Å²) >= 11 is 0. The fraction of sp³-hybridized carbons (Fsp3) is 0.682. The Morgan fingerprint density at radius 3 is 2.52 bits per heavy atom. The first kappa shape index (κ1) is 18.9. The number of likely N-dealkylation sites (tertiary alicyclic amines) is 2. The molecule has 1 aromatic carbocycles. The number of hydrogen-bond acceptors (Lipinski definition) is 4. The van der Waals surface area contributed by atoms with Gasteiger partial charge >= 0.3 is 0 Å². The fourth-order valence-electron chi connectivity index (χ4n) is 5.27. The van der Waals surface area contributed by atoms with Crippen LogP contribution in [0.25, 0.3) is 0 Å². The van der Waals surface area contributed by atoms with Crippen molar-refractivity contribution in [2.24, 2.45) is 5.41 Å². The van der Waals surface area contributed by atoms with Crippen LogP contribution in [-0.2, 0) is 9.53 Å². The molecule has 27 heavy (non-hydrogen) atoms. The van der Waals surface area contributed by atoms with Crippen LogP contribution in [0.4, 0.5) is 0 Å². The summed E-state index contributed by atoms with van der Waals surface area (Å²) in [5.74, 6) is 0.906. The number of carbonyl (C=O) groups is 1. The summed E-state index contributed by atoms with van der Waals surface area (Å²) in [6.45, 7) is 7.89. The second-order valence-electron chi connectivity index (χ2n) is 8.78. The van der Waals surface area contributed by atoms with Gasteiger partial charge in [-0.25, -0.2) is 0 Å². The van der Waals surface area contributed by atoms with Gasteiger partial charge in [0.1, 0.15) is 0 Å². The summed E-state index contributed by atoms with van der Waals surface area (Å²) in [5.41, 5.74) is 1.89. The first-order valence-electron chi connectivity index (χ1n) is 10.4. The summed E-state index contributed by atoms with van der Waals surface area (Å²) in [4.78, 5) is 19.4. The van der Waals surface area contributed by atoms with Gasteiger partial charge in [-0.15, -0.1) is 0 Å². The third-order valence-corrected chi connectivity index (χ3v) is 6.73. The number of carbonyl (C=O) groups excluding carboxylic acids is 1. The number of hydrogen-bond donors (Lipinski definition) is 0. The summed E-state index contributed by atoms with van der Waals surface area (Å²) in [5, 5.41) is 0. The van der Waals surface area contributed by atoms with E-state index in [4.69, 9.17) is 4.74 Å². The van der Waals surface area contributed by atoms with Crippen LogP contribution < -0.4 is 0 Å². The molecule has 3 aliphatic heterocycles. The van der Waals surface area contributed by atoms with E-state index in [1.807, 2.05) is 4.90 Å². The number of morpholine rings is 1. The van der Waals surface area contributed by atoms with Gasteiger partial charge in [0.05, 0.1) is 19.8 Å². The van der Waals surface area contributed by atoms with Crippen molar-refractivity contribution in [1.82, 2.24) is 14.7 Å². The number of nitrogens with zero attached hydrogens (tertiary/aromatic N) is 3. The normalized spacial score (nSPS) is 27.0. The molecule has 5 heteroatoms. The van der Waals surface area contributed by atoms with Crippen LogP contribution >= 0.6 is 0 Å². The first-order chi connectivity index (χ1) is 13.1. The molecule has 0 aliphatic carbocycles. The van der Waals surface area contributed by atoms with E-state index in [-0.39, 0.29) is 5.91 Å². The van der Waals surface area contributed by atoms with Gasteiger partial charge in [0.2, 0.25) is 5.91 Å². The standard InChI is InChI=1S/C22H33N3O2/c1-23-16-20(19-5-3-2-4-6-19)15-22(18-23)7-9-24(10-8-22)17-21(26)25-11-13-27-14-12-25/h2-6,20H,7-18H2,1H3/t20-/m0/s1. The van der Waals surface area contributed by atoms with Crippen molar-refractivity contribution >= 4 is 5.91 Å². The zero-order valence-corrected chi connectivity index (χ0v) is 16.6. The maximum absolute atomic E-state index is 12.5. The third kappa shape index (κ3) is 4.53. The minimum atomic E-state index is 0.275. The minimum Gasteiger partial charge on any atom is -0.378 e. The number of likely N-dealkylation sites (N-methyl/N-ethyl adjacent to an activating group) is 1. The summed E-state index contributed by atoms with van der Waals surface area (Å²) in [7, 11) is 2.27. The summed E-state index contributed by atoms with van der Waals surface area (Å²) in [6.07, 6.45) is 3.70. The van der Waals surface area contributed by atoms with Crippen LogP contribution in [-0.4, -0.2) is 86.7 Å². The van der Waals surface area contributed by atoms with Crippen LogP contribution in [0.1, 0.15) is 30.7 Å². The molecule has 4 rings (SSSR count). The van der Waals surface area contributed by atoms with Crippen LogP contribution in [0.2, 0.25) is 0 Å². The Morgan fingerprint density at radius 2 is 1.81 bits per heavy atom. The van der Waals surface area contributed by atoms with Crippen molar-refractivity contribution in [2.75, 3.05) is 66.1 Å². The lowest BCUT2D eigenvalue weighted by Gasteiger charge is -2.49. The van der Waals surface area contributed by atoms with Crippen molar-refractivity contribution < 1.29 is 9.53 Å². The molecule has 3 fully saturated rings. The molecule has 0 N–H and O–H groups in total. The predicted molar refractivity (Wildman–Crippen MR) is 107 cm³/mol.